The minimum absolute atomic E-state index is 0.438. The van der Waals surface area contributed by atoms with E-state index in [1.165, 1.54) is 48.9 Å². The minimum atomic E-state index is 0.438. The van der Waals surface area contributed by atoms with Gasteiger partial charge in [0.15, 0.2) is 0 Å². The van der Waals surface area contributed by atoms with Crippen LogP contribution in [0.4, 0.5) is 5.69 Å². The van der Waals surface area contributed by atoms with Crippen molar-refractivity contribution in [2.24, 2.45) is 5.92 Å². The summed E-state index contributed by atoms with van der Waals surface area (Å²) in [5.41, 5.74) is 4.03. The number of nitrogens with one attached hydrogen (secondary N) is 1. The zero-order chi connectivity index (χ0) is 14.5. The van der Waals surface area contributed by atoms with Crippen LogP contribution in [0.5, 0.6) is 0 Å². The van der Waals surface area contributed by atoms with Crippen molar-refractivity contribution in [3.63, 3.8) is 0 Å². The van der Waals surface area contributed by atoms with Gasteiger partial charge in [-0.2, -0.15) is 0 Å². The van der Waals surface area contributed by atoms with Gasteiger partial charge in [0.05, 0.1) is 6.04 Å². The summed E-state index contributed by atoms with van der Waals surface area (Å²) in [4.78, 5) is 0. The molecule has 1 heteroatoms. The number of hydrogen-bond donors (Lipinski definition) is 1. The van der Waals surface area contributed by atoms with E-state index in [-0.39, 0.29) is 0 Å². The Morgan fingerprint density at radius 3 is 2.24 bits per heavy atom. The Morgan fingerprint density at radius 1 is 0.857 bits per heavy atom. The third-order valence-corrected chi connectivity index (χ3v) is 4.74. The highest BCUT2D eigenvalue weighted by molar-refractivity contribution is 5.52. The van der Waals surface area contributed by atoms with Crippen LogP contribution in [0.15, 0.2) is 54.6 Å². The minimum Gasteiger partial charge on any atom is -0.378 e. The normalized spacial score (nSPS) is 17.4. The molecule has 0 heterocycles. The molecule has 0 radical (unpaired) electrons. The maximum absolute atomic E-state index is 3.83. The van der Waals surface area contributed by atoms with Crippen LogP contribution >= 0.6 is 0 Å². The first kappa shape index (κ1) is 14.2. The third-order valence-electron chi connectivity index (χ3n) is 4.74. The van der Waals surface area contributed by atoms with Gasteiger partial charge in [-0.1, -0.05) is 67.8 Å². The highest BCUT2D eigenvalue weighted by Crippen LogP contribution is 2.37. The van der Waals surface area contributed by atoms with Crippen LogP contribution in [0.2, 0.25) is 0 Å². The second-order valence-electron chi connectivity index (χ2n) is 6.25. The third kappa shape index (κ3) is 3.47. The lowest BCUT2D eigenvalue weighted by Gasteiger charge is -2.32. The second-order valence-corrected chi connectivity index (χ2v) is 6.25. The van der Waals surface area contributed by atoms with Crippen molar-refractivity contribution in [1.82, 2.24) is 0 Å². The molecule has 1 unspecified atom stereocenters. The van der Waals surface area contributed by atoms with Crippen LogP contribution in [0.25, 0.3) is 0 Å². The monoisotopic (exact) mass is 279 g/mol. The average Bonchev–Trinajstić information content (AvgIpc) is 2.56. The Labute approximate surface area is 128 Å². The van der Waals surface area contributed by atoms with Gasteiger partial charge in [-0.3, -0.25) is 0 Å². The molecular weight excluding hydrogens is 254 g/mol. The molecule has 0 aromatic heterocycles. The summed E-state index contributed by atoms with van der Waals surface area (Å²) in [6.07, 6.45) is 6.85. The SMILES string of the molecule is Cc1ccccc1NC(c1ccccc1)C1CCCCC1. The molecule has 0 bridgehead atoms. The summed E-state index contributed by atoms with van der Waals surface area (Å²) in [7, 11) is 0. The van der Waals surface area contributed by atoms with Gasteiger partial charge in [0.1, 0.15) is 0 Å². The van der Waals surface area contributed by atoms with Crippen molar-refractivity contribution < 1.29 is 0 Å². The number of benzene rings is 2. The molecule has 0 spiro atoms. The zero-order valence-corrected chi connectivity index (χ0v) is 12.9. The molecule has 3 rings (SSSR count). The fourth-order valence-corrected chi connectivity index (χ4v) is 3.50. The van der Waals surface area contributed by atoms with Crippen molar-refractivity contribution >= 4 is 5.69 Å². The quantitative estimate of drug-likeness (QED) is 0.753. The van der Waals surface area contributed by atoms with Crippen LogP contribution in [0, 0.1) is 12.8 Å². The zero-order valence-electron chi connectivity index (χ0n) is 12.9. The summed E-state index contributed by atoms with van der Waals surface area (Å²) in [5, 5.41) is 3.83. The first-order valence-electron chi connectivity index (χ1n) is 8.22. The van der Waals surface area contributed by atoms with E-state index in [2.05, 4.69) is 66.8 Å². The summed E-state index contributed by atoms with van der Waals surface area (Å²) in [6, 6.07) is 20.0. The molecule has 1 aliphatic rings. The van der Waals surface area contributed by atoms with E-state index >= 15 is 0 Å². The van der Waals surface area contributed by atoms with Crippen LogP contribution < -0.4 is 5.32 Å². The Morgan fingerprint density at radius 2 is 1.52 bits per heavy atom. The molecule has 1 saturated carbocycles. The highest BCUT2D eigenvalue weighted by atomic mass is 14.9. The highest BCUT2D eigenvalue weighted by Gasteiger charge is 2.25. The lowest BCUT2D eigenvalue weighted by atomic mass is 9.81. The van der Waals surface area contributed by atoms with Gasteiger partial charge in [-0.15, -0.1) is 0 Å². The molecule has 1 nitrogen and oxygen atoms in total. The lowest BCUT2D eigenvalue weighted by Crippen LogP contribution is -2.23. The molecule has 110 valence electrons. The fraction of sp³-hybridized carbons (Fsp3) is 0.400. The topological polar surface area (TPSA) is 12.0 Å². The molecule has 0 saturated heterocycles. The maximum atomic E-state index is 3.83. The van der Waals surface area contributed by atoms with E-state index in [1.54, 1.807) is 0 Å². The largest absolute Gasteiger partial charge is 0.378 e. The van der Waals surface area contributed by atoms with Gasteiger partial charge in [-0.05, 0) is 42.9 Å². The van der Waals surface area contributed by atoms with E-state index in [1.807, 2.05) is 0 Å². The first-order chi connectivity index (χ1) is 10.3. The van der Waals surface area contributed by atoms with Gasteiger partial charge < -0.3 is 5.32 Å². The lowest BCUT2D eigenvalue weighted by molar-refractivity contribution is 0.321. The van der Waals surface area contributed by atoms with Gasteiger partial charge in [0.2, 0.25) is 0 Å². The molecular formula is C20H25N. The van der Waals surface area contributed by atoms with Crippen molar-refractivity contribution in [2.45, 2.75) is 45.1 Å². The van der Waals surface area contributed by atoms with Crippen molar-refractivity contribution in [3.05, 3.63) is 65.7 Å². The summed E-state index contributed by atoms with van der Waals surface area (Å²) in [5.74, 6) is 0.751. The smallest absolute Gasteiger partial charge is 0.0542 e. The Balaban J connectivity index is 1.87. The van der Waals surface area contributed by atoms with E-state index in [0.717, 1.165) is 5.92 Å². The molecule has 1 atom stereocenters. The van der Waals surface area contributed by atoms with Crippen LogP contribution in [-0.4, -0.2) is 0 Å². The molecule has 21 heavy (non-hydrogen) atoms. The fourth-order valence-electron chi connectivity index (χ4n) is 3.50. The Bertz CT molecular complexity index is 555. The van der Waals surface area contributed by atoms with E-state index in [9.17, 15) is 0 Å². The molecule has 2 aromatic rings. The number of hydrogen-bond acceptors (Lipinski definition) is 1. The van der Waals surface area contributed by atoms with Gasteiger partial charge >= 0.3 is 0 Å². The number of para-hydroxylation sites is 1. The summed E-state index contributed by atoms with van der Waals surface area (Å²) >= 11 is 0. The number of rotatable bonds is 4. The van der Waals surface area contributed by atoms with E-state index < -0.39 is 0 Å². The standard InChI is InChI=1S/C20H25N/c1-16-10-8-9-15-19(16)21-20(17-11-4-2-5-12-17)18-13-6-3-7-14-18/h2,4-5,8-12,15,18,20-21H,3,6-7,13-14H2,1H3. The van der Waals surface area contributed by atoms with E-state index in [0.29, 0.717) is 6.04 Å². The van der Waals surface area contributed by atoms with Crippen molar-refractivity contribution in [3.8, 4) is 0 Å². The van der Waals surface area contributed by atoms with E-state index in [4.69, 9.17) is 0 Å². The number of aryl methyl sites for hydroxylation is 1. The Hall–Kier alpha value is -1.76. The molecule has 1 N–H and O–H groups in total. The van der Waals surface area contributed by atoms with Gasteiger partial charge in [0.25, 0.3) is 0 Å². The molecule has 0 amide bonds. The van der Waals surface area contributed by atoms with Gasteiger partial charge in [-0.25, -0.2) is 0 Å². The molecule has 2 aromatic carbocycles. The summed E-state index contributed by atoms with van der Waals surface area (Å²) < 4.78 is 0. The second kappa shape index (κ2) is 6.80. The molecule has 0 aliphatic heterocycles. The number of anilines is 1. The summed E-state index contributed by atoms with van der Waals surface area (Å²) in [6.45, 7) is 2.19. The maximum Gasteiger partial charge on any atom is 0.0542 e. The van der Waals surface area contributed by atoms with Gasteiger partial charge in [0, 0.05) is 5.69 Å². The predicted octanol–water partition coefficient (Wildman–Crippen LogP) is 5.73. The molecule has 1 aliphatic carbocycles. The average molecular weight is 279 g/mol. The van der Waals surface area contributed by atoms with Crippen molar-refractivity contribution in [2.75, 3.05) is 5.32 Å². The van der Waals surface area contributed by atoms with Crippen LogP contribution in [-0.2, 0) is 0 Å². The Kier molecular flexibility index (Phi) is 4.59. The predicted molar refractivity (Wildman–Crippen MR) is 90.6 cm³/mol. The van der Waals surface area contributed by atoms with Crippen molar-refractivity contribution in [1.29, 1.82) is 0 Å². The first-order valence-corrected chi connectivity index (χ1v) is 8.22. The molecule has 1 fully saturated rings. The van der Waals surface area contributed by atoms with Crippen LogP contribution in [0.3, 0.4) is 0 Å². The van der Waals surface area contributed by atoms with Crippen LogP contribution in [0.1, 0.15) is 49.3 Å².